The lowest BCUT2D eigenvalue weighted by atomic mass is 9.99. The van der Waals surface area contributed by atoms with Crippen molar-refractivity contribution in [2.75, 3.05) is 40.5 Å². The van der Waals surface area contributed by atoms with Crippen LogP contribution in [0.15, 0.2) is 53.4 Å². The number of carbonyl (C=O) groups is 1. The molecular formula is C22H28N2O6S. The Morgan fingerprint density at radius 2 is 1.77 bits per heavy atom. The molecule has 1 heterocycles. The molecule has 1 saturated heterocycles. The molecule has 1 aliphatic heterocycles. The van der Waals surface area contributed by atoms with E-state index in [1.807, 2.05) is 12.1 Å². The molecule has 2 aromatic carbocycles. The van der Waals surface area contributed by atoms with E-state index in [2.05, 4.69) is 5.32 Å². The molecule has 0 saturated carbocycles. The first kappa shape index (κ1) is 22.9. The number of piperidine rings is 1. The molecular weight excluding hydrogens is 420 g/mol. The Hall–Kier alpha value is -2.78. The van der Waals surface area contributed by atoms with E-state index < -0.39 is 15.9 Å². The molecule has 1 fully saturated rings. The quantitative estimate of drug-likeness (QED) is 0.592. The number of benzene rings is 2. The SMILES string of the molecule is COc1ccc(S(=O)(=O)N2CCC[C@@H](C(=O)NCCOc3ccccc3OC)C2)cc1. The third kappa shape index (κ3) is 5.68. The minimum Gasteiger partial charge on any atom is -0.497 e. The minimum atomic E-state index is -3.66. The van der Waals surface area contributed by atoms with Crippen LogP contribution in [0.4, 0.5) is 0 Å². The first-order valence-corrected chi connectivity index (χ1v) is 11.6. The number of carbonyl (C=O) groups excluding carboxylic acids is 1. The zero-order valence-corrected chi connectivity index (χ0v) is 18.6. The maximum Gasteiger partial charge on any atom is 0.243 e. The van der Waals surface area contributed by atoms with Gasteiger partial charge >= 0.3 is 0 Å². The number of nitrogens with one attached hydrogen (secondary N) is 1. The number of ether oxygens (including phenoxy) is 3. The Kier molecular flexibility index (Phi) is 7.75. The fourth-order valence-electron chi connectivity index (χ4n) is 3.49. The van der Waals surface area contributed by atoms with Crippen LogP contribution in [-0.4, -0.2) is 59.1 Å². The Balaban J connectivity index is 1.52. The molecule has 9 heteroatoms. The highest BCUT2D eigenvalue weighted by Crippen LogP contribution is 2.26. The Bertz CT molecular complexity index is 978. The van der Waals surface area contributed by atoms with Gasteiger partial charge in [-0.1, -0.05) is 12.1 Å². The van der Waals surface area contributed by atoms with Crippen molar-refractivity contribution >= 4 is 15.9 Å². The highest BCUT2D eigenvalue weighted by atomic mass is 32.2. The molecule has 1 aliphatic rings. The van der Waals surface area contributed by atoms with Crippen LogP contribution in [0.5, 0.6) is 17.2 Å². The molecule has 0 aromatic heterocycles. The Morgan fingerprint density at radius 1 is 1.06 bits per heavy atom. The van der Waals surface area contributed by atoms with Crippen LogP contribution in [-0.2, 0) is 14.8 Å². The number of hydrogen-bond acceptors (Lipinski definition) is 6. The van der Waals surface area contributed by atoms with Crippen LogP contribution in [0, 0.1) is 5.92 Å². The normalized spacial score (nSPS) is 17.0. The van der Waals surface area contributed by atoms with E-state index in [0.29, 0.717) is 43.2 Å². The van der Waals surface area contributed by atoms with E-state index in [9.17, 15) is 13.2 Å². The standard InChI is InChI=1S/C22H28N2O6S/c1-28-18-9-11-19(12-10-18)31(26,27)24-14-5-6-17(16-24)22(25)23-13-15-30-21-8-4-3-7-20(21)29-2/h3-4,7-12,17H,5-6,13-16H2,1-2H3,(H,23,25)/t17-/m1/s1. The van der Waals surface area contributed by atoms with Gasteiger partial charge in [0.15, 0.2) is 11.5 Å². The third-order valence-electron chi connectivity index (χ3n) is 5.18. The summed E-state index contributed by atoms with van der Waals surface area (Å²) in [6.07, 6.45) is 1.28. The number of methoxy groups -OCH3 is 2. The van der Waals surface area contributed by atoms with Crippen molar-refractivity contribution in [2.24, 2.45) is 5.92 Å². The van der Waals surface area contributed by atoms with Crippen LogP contribution in [0.1, 0.15) is 12.8 Å². The molecule has 0 bridgehead atoms. The van der Waals surface area contributed by atoms with Crippen molar-refractivity contribution < 1.29 is 27.4 Å². The van der Waals surface area contributed by atoms with E-state index in [1.165, 1.54) is 23.5 Å². The molecule has 1 atom stereocenters. The van der Waals surface area contributed by atoms with Crippen LogP contribution in [0.3, 0.4) is 0 Å². The van der Waals surface area contributed by atoms with E-state index in [-0.39, 0.29) is 24.0 Å². The lowest BCUT2D eigenvalue weighted by Crippen LogP contribution is -2.45. The summed E-state index contributed by atoms with van der Waals surface area (Å²) in [5, 5.41) is 2.84. The van der Waals surface area contributed by atoms with Crippen molar-refractivity contribution in [1.29, 1.82) is 0 Å². The summed E-state index contributed by atoms with van der Waals surface area (Å²) < 4.78 is 43.3. The monoisotopic (exact) mass is 448 g/mol. The zero-order valence-electron chi connectivity index (χ0n) is 17.7. The van der Waals surface area contributed by atoms with Gasteiger partial charge in [0.2, 0.25) is 15.9 Å². The van der Waals surface area contributed by atoms with E-state index in [1.54, 1.807) is 31.4 Å². The average Bonchev–Trinajstić information content (AvgIpc) is 2.82. The van der Waals surface area contributed by atoms with Crippen molar-refractivity contribution in [3.05, 3.63) is 48.5 Å². The fraction of sp³-hybridized carbons (Fsp3) is 0.409. The lowest BCUT2D eigenvalue weighted by Gasteiger charge is -2.31. The van der Waals surface area contributed by atoms with E-state index >= 15 is 0 Å². The number of para-hydroxylation sites is 2. The second kappa shape index (κ2) is 10.5. The summed E-state index contributed by atoms with van der Waals surface area (Å²) >= 11 is 0. The van der Waals surface area contributed by atoms with Gasteiger partial charge in [0.05, 0.1) is 31.6 Å². The first-order valence-electron chi connectivity index (χ1n) is 10.1. The lowest BCUT2D eigenvalue weighted by molar-refractivity contribution is -0.126. The van der Waals surface area contributed by atoms with E-state index in [0.717, 1.165) is 0 Å². The summed E-state index contributed by atoms with van der Waals surface area (Å²) in [4.78, 5) is 12.8. The molecule has 1 amide bonds. The number of nitrogens with zero attached hydrogens (tertiary/aromatic N) is 1. The molecule has 0 radical (unpaired) electrons. The first-order chi connectivity index (χ1) is 15.0. The Labute approximate surface area is 183 Å². The molecule has 31 heavy (non-hydrogen) atoms. The van der Waals surface area contributed by atoms with Crippen LogP contribution in [0.2, 0.25) is 0 Å². The van der Waals surface area contributed by atoms with Crippen molar-refractivity contribution in [2.45, 2.75) is 17.7 Å². The maximum atomic E-state index is 13.0. The third-order valence-corrected chi connectivity index (χ3v) is 7.06. The van der Waals surface area contributed by atoms with Crippen molar-refractivity contribution in [3.63, 3.8) is 0 Å². The predicted octanol–water partition coefficient (Wildman–Crippen LogP) is 2.30. The number of sulfonamides is 1. The summed E-state index contributed by atoms with van der Waals surface area (Å²) in [5.74, 6) is 1.26. The molecule has 0 aliphatic carbocycles. The number of rotatable bonds is 9. The minimum absolute atomic E-state index is 0.160. The Morgan fingerprint density at radius 3 is 2.45 bits per heavy atom. The van der Waals surface area contributed by atoms with Gasteiger partial charge in [0.1, 0.15) is 12.4 Å². The zero-order chi connectivity index (χ0) is 22.3. The maximum absolute atomic E-state index is 13.0. The summed E-state index contributed by atoms with van der Waals surface area (Å²) in [6, 6.07) is 13.6. The topological polar surface area (TPSA) is 94.2 Å². The molecule has 168 valence electrons. The summed E-state index contributed by atoms with van der Waals surface area (Å²) in [7, 11) is -0.568. The highest BCUT2D eigenvalue weighted by Gasteiger charge is 2.33. The smallest absolute Gasteiger partial charge is 0.243 e. The second-order valence-corrected chi connectivity index (χ2v) is 9.11. The van der Waals surface area contributed by atoms with Gasteiger partial charge in [-0.05, 0) is 49.2 Å². The van der Waals surface area contributed by atoms with Gasteiger partial charge < -0.3 is 19.5 Å². The van der Waals surface area contributed by atoms with Crippen LogP contribution >= 0.6 is 0 Å². The van der Waals surface area contributed by atoms with Gasteiger partial charge in [0, 0.05) is 13.1 Å². The predicted molar refractivity (Wildman–Crippen MR) is 116 cm³/mol. The van der Waals surface area contributed by atoms with Gasteiger partial charge in [0.25, 0.3) is 0 Å². The van der Waals surface area contributed by atoms with Gasteiger partial charge in [-0.15, -0.1) is 0 Å². The summed E-state index contributed by atoms with van der Waals surface area (Å²) in [5.41, 5.74) is 0. The molecule has 0 unspecified atom stereocenters. The summed E-state index contributed by atoms with van der Waals surface area (Å²) in [6.45, 7) is 1.16. The molecule has 8 nitrogen and oxygen atoms in total. The molecule has 3 rings (SSSR count). The van der Waals surface area contributed by atoms with Crippen LogP contribution < -0.4 is 19.5 Å². The van der Waals surface area contributed by atoms with Crippen LogP contribution in [0.25, 0.3) is 0 Å². The van der Waals surface area contributed by atoms with Gasteiger partial charge in [-0.2, -0.15) is 4.31 Å². The highest BCUT2D eigenvalue weighted by molar-refractivity contribution is 7.89. The van der Waals surface area contributed by atoms with Crippen molar-refractivity contribution in [3.8, 4) is 17.2 Å². The second-order valence-electron chi connectivity index (χ2n) is 7.17. The van der Waals surface area contributed by atoms with Gasteiger partial charge in [-0.3, -0.25) is 4.79 Å². The fourth-order valence-corrected chi connectivity index (χ4v) is 5.01. The molecule has 2 aromatic rings. The van der Waals surface area contributed by atoms with Crippen molar-refractivity contribution in [1.82, 2.24) is 9.62 Å². The molecule has 1 N–H and O–H groups in total. The van der Waals surface area contributed by atoms with E-state index in [4.69, 9.17) is 14.2 Å². The number of amides is 1. The average molecular weight is 449 g/mol. The molecule has 0 spiro atoms. The number of hydrogen-bond donors (Lipinski definition) is 1. The largest absolute Gasteiger partial charge is 0.497 e. The van der Waals surface area contributed by atoms with Gasteiger partial charge in [-0.25, -0.2) is 8.42 Å².